The predicted molar refractivity (Wildman–Crippen MR) is 105 cm³/mol. The maximum Gasteiger partial charge on any atom is 0.275 e. The Morgan fingerprint density at radius 3 is 2.19 bits per heavy atom. The van der Waals surface area contributed by atoms with Gasteiger partial charge in [0.15, 0.2) is 0 Å². The van der Waals surface area contributed by atoms with E-state index in [0.29, 0.717) is 11.5 Å². The summed E-state index contributed by atoms with van der Waals surface area (Å²) in [5.41, 5.74) is 3.94. The van der Waals surface area contributed by atoms with Crippen LogP contribution in [0.1, 0.15) is 35.5 Å². The Morgan fingerprint density at radius 2 is 1.63 bits per heavy atom. The molecule has 0 saturated heterocycles. The maximum absolute atomic E-state index is 13.0. The van der Waals surface area contributed by atoms with Gasteiger partial charge in [-0.3, -0.25) is 4.79 Å². The van der Waals surface area contributed by atoms with Gasteiger partial charge in [-0.15, -0.1) is 0 Å². The van der Waals surface area contributed by atoms with Gasteiger partial charge < -0.3 is 10.6 Å². The van der Waals surface area contributed by atoms with Crippen LogP contribution >= 0.6 is 0 Å². The van der Waals surface area contributed by atoms with Crippen LogP contribution in [0.2, 0.25) is 0 Å². The molecule has 5 nitrogen and oxygen atoms in total. The highest BCUT2D eigenvalue weighted by Gasteiger charge is 2.13. The summed E-state index contributed by atoms with van der Waals surface area (Å²) in [6.45, 7) is 4.11. The van der Waals surface area contributed by atoms with E-state index in [1.807, 2.05) is 18.2 Å². The highest BCUT2D eigenvalue weighted by Crippen LogP contribution is 2.23. The molecule has 1 heterocycles. The number of hydrogen-bond acceptors (Lipinski definition) is 4. The van der Waals surface area contributed by atoms with Crippen LogP contribution in [0, 0.1) is 5.82 Å². The Kier molecular flexibility index (Phi) is 5.76. The Labute approximate surface area is 157 Å². The van der Waals surface area contributed by atoms with Crippen molar-refractivity contribution in [3.8, 4) is 0 Å². The van der Waals surface area contributed by atoms with E-state index in [0.717, 1.165) is 29.7 Å². The van der Waals surface area contributed by atoms with Crippen LogP contribution in [0.25, 0.3) is 0 Å². The first-order chi connectivity index (χ1) is 13.1. The minimum Gasteiger partial charge on any atom is -0.339 e. The van der Waals surface area contributed by atoms with Gasteiger partial charge in [-0.1, -0.05) is 32.0 Å². The van der Waals surface area contributed by atoms with E-state index >= 15 is 0 Å². The first-order valence-corrected chi connectivity index (χ1v) is 8.87. The zero-order chi connectivity index (χ0) is 19.2. The van der Waals surface area contributed by atoms with Crippen LogP contribution < -0.4 is 10.6 Å². The number of nitrogens with zero attached hydrogens (tertiary/aromatic N) is 2. The molecule has 0 fully saturated rings. The first-order valence-electron chi connectivity index (χ1n) is 8.87. The topological polar surface area (TPSA) is 66.9 Å². The zero-order valence-corrected chi connectivity index (χ0v) is 15.3. The molecule has 0 spiro atoms. The van der Waals surface area contributed by atoms with Gasteiger partial charge >= 0.3 is 0 Å². The lowest BCUT2D eigenvalue weighted by Crippen LogP contribution is -2.16. The summed E-state index contributed by atoms with van der Waals surface area (Å²) < 4.78 is 13.0. The Balaban J connectivity index is 1.74. The van der Waals surface area contributed by atoms with E-state index < -0.39 is 0 Å². The van der Waals surface area contributed by atoms with Crippen molar-refractivity contribution in [2.45, 2.75) is 26.7 Å². The third-order valence-electron chi connectivity index (χ3n) is 4.24. The first kappa shape index (κ1) is 18.5. The van der Waals surface area contributed by atoms with Crippen LogP contribution in [0.15, 0.2) is 54.9 Å². The fourth-order valence-corrected chi connectivity index (χ4v) is 2.77. The molecule has 0 aliphatic heterocycles. The lowest BCUT2D eigenvalue weighted by Gasteiger charge is -2.14. The van der Waals surface area contributed by atoms with Crippen molar-refractivity contribution in [1.29, 1.82) is 0 Å². The average molecular weight is 364 g/mol. The number of aryl methyl sites for hydroxylation is 2. The second kappa shape index (κ2) is 8.40. The number of rotatable bonds is 6. The van der Waals surface area contributed by atoms with E-state index in [1.165, 1.54) is 24.5 Å². The smallest absolute Gasteiger partial charge is 0.275 e. The summed E-state index contributed by atoms with van der Waals surface area (Å²) in [5, 5.41) is 5.98. The summed E-state index contributed by atoms with van der Waals surface area (Å²) in [6, 6.07) is 11.9. The van der Waals surface area contributed by atoms with Gasteiger partial charge in [-0.25, -0.2) is 14.4 Å². The molecule has 0 atom stereocenters. The molecule has 1 aromatic heterocycles. The molecular weight excluding hydrogens is 343 g/mol. The number of para-hydroxylation sites is 1. The summed E-state index contributed by atoms with van der Waals surface area (Å²) >= 11 is 0. The summed E-state index contributed by atoms with van der Waals surface area (Å²) in [5.74, 6) is -0.134. The molecule has 0 bridgehead atoms. The van der Waals surface area contributed by atoms with Crippen LogP contribution in [-0.4, -0.2) is 15.9 Å². The zero-order valence-electron chi connectivity index (χ0n) is 15.3. The number of halogens is 1. The number of carbonyl (C=O) groups excluding carboxylic acids is 1. The predicted octanol–water partition coefficient (Wildman–Crippen LogP) is 4.74. The Bertz CT molecular complexity index is 902. The van der Waals surface area contributed by atoms with Crippen molar-refractivity contribution in [2.75, 3.05) is 10.6 Å². The normalized spacial score (nSPS) is 10.5. The standard InChI is InChI=1S/C21H21FN4O/c1-3-14-6-5-7-15(4-2)20(14)26-21(27)18-12-24-19(13-23-18)25-17-10-8-16(22)9-11-17/h5-13H,3-4H2,1-2H3,(H,24,25)(H,26,27). The lowest BCUT2D eigenvalue weighted by molar-refractivity contribution is 0.102. The van der Waals surface area contributed by atoms with Crippen molar-refractivity contribution in [1.82, 2.24) is 9.97 Å². The van der Waals surface area contributed by atoms with Crippen LogP contribution in [0.4, 0.5) is 21.6 Å². The van der Waals surface area contributed by atoms with Gasteiger partial charge in [0, 0.05) is 11.4 Å². The second-order valence-corrected chi connectivity index (χ2v) is 6.03. The van der Waals surface area contributed by atoms with E-state index in [1.54, 1.807) is 12.1 Å². The molecule has 1 amide bonds. The fourth-order valence-electron chi connectivity index (χ4n) is 2.77. The lowest BCUT2D eigenvalue weighted by atomic mass is 10.0. The van der Waals surface area contributed by atoms with Gasteiger partial charge in [0.05, 0.1) is 12.4 Å². The number of anilines is 3. The molecule has 0 aliphatic rings. The summed E-state index contributed by atoms with van der Waals surface area (Å²) in [7, 11) is 0. The molecule has 3 aromatic rings. The monoisotopic (exact) mass is 364 g/mol. The van der Waals surface area contributed by atoms with Gasteiger partial charge in [-0.2, -0.15) is 0 Å². The van der Waals surface area contributed by atoms with Gasteiger partial charge in [-0.05, 0) is 48.2 Å². The number of amides is 1. The fraction of sp³-hybridized carbons (Fsp3) is 0.190. The summed E-state index contributed by atoms with van der Waals surface area (Å²) in [4.78, 5) is 21.0. The van der Waals surface area contributed by atoms with Crippen molar-refractivity contribution < 1.29 is 9.18 Å². The highest BCUT2D eigenvalue weighted by atomic mass is 19.1. The van der Waals surface area contributed by atoms with Crippen LogP contribution in [-0.2, 0) is 12.8 Å². The molecule has 0 unspecified atom stereocenters. The van der Waals surface area contributed by atoms with Crippen LogP contribution in [0.5, 0.6) is 0 Å². The molecular formula is C21H21FN4O. The average Bonchev–Trinajstić information content (AvgIpc) is 2.70. The van der Waals surface area contributed by atoms with Crippen molar-refractivity contribution >= 4 is 23.1 Å². The molecule has 0 radical (unpaired) electrons. The number of benzene rings is 2. The summed E-state index contributed by atoms with van der Waals surface area (Å²) in [6.07, 6.45) is 4.55. The van der Waals surface area contributed by atoms with Crippen molar-refractivity contribution in [3.63, 3.8) is 0 Å². The van der Waals surface area contributed by atoms with Crippen molar-refractivity contribution in [2.24, 2.45) is 0 Å². The van der Waals surface area contributed by atoms with E-state index in [4.69, 9.17) is 0 Å². The minimum atomic E-state index is -0.308. The molecule has 0 aliphatic carbocycles. The molecule has 27 heavy (non-hydrogen) atoms. The van der Waals surface area contributed by atoms with Crippen LogP contribution in [0.3, 0.4) is 0 Å². The molecule has 138 valence electrons. The number of carbonyl (C=O) groups is 1. The van der Waals surface area contributed by atoms with Gasteiger partial charge in [0.2, 0.25) is 0 Å². The highest BCUT2D eigenvalue weighted by molar-refractivity contribution is 6.03. The quantitative estimate of drug-likeness (QED) is 0.663. The number of aromatic nitrogens is 2. The third kappa shape index (κ3) is 4.47. The third-order valence-corrected chi connectivity index (χ3v) is 4.24. The van der Waals surface area contributed by atoms with Gasteiger partial charge in [0.1, 0.15) is 17.3 Å². The SMILES string of the molecule is CCc1cccc(CC)c1NC(=O)c1cnc(Nc2ccc(F)cc2)cn1. The van der Waals surface area contributed by atoms with E-state index in [2.05, 4.69) is 34.4 Å². The number of nitrogens with one attached hydrogen (secondary N) is 2. The number of hydrogen-bond donors (Lipinski definition) is 2. The Hall–Kier alpha value is -3.28. The van der Waals surface area contributed by atoms with E-state index in [9.17, 15) is 9.18 Å². The molecule has 2 aromatic carbocycles. The van der Waals surface area contributed by atoms with Gasteiger partial charge in [0.25, 0.3) is 5.91 Å². The Morgan fingerprint density at radius 1 is 0.963 bits per heavy atom. The molecule has 3 rings (SSSR count). The molecule has 6 heteroatoms. The second-order valence-electron chi connectivity index (χ2n) is 6.03. The maximum atomic E-state index is 13.0. The van der Waals surface area contributed by atoms with E-state index in [-0.39, 0.29) is 17.4 Å². The largest absolute Gasteiger partial charge is 0.339 e. The van der Waals surface area contributed by atoms with Crippen molar-refractivity contribution in [3.05, 3.63) is 77.5 Å². The molecule has 2 N–H and O–H groups in total. The molecule has 0 saturated carbocycles. The minimum absolute atomic E-state index is 0.229.